The largest absolute Gasteiger partial charge is 0.463 e. The highest BCUT2D eigenvalue weighted by Crippen LogP contribution is 2.19. The summed E-state index contributed by atoms with van der Waals surface area (Å²) in [6, 6.07) is 0. The van der Waals surface area contributed by atoms with Crippen LogP contribution in [0.4, 0.5) is 0 Å². The van der Waals surface area contributed by atoms with Gasteiger partial charge in [-0.1, -0.05) is 6.92 Å². The molecule has 0 aromatic rings. The van der Waals surface area contributed by atoms with E-state index in [0.717, 1.165) is 26.1 Å². The Bertz CT molecular complexity index is 192. The zero-order chi connectivity index (χ0) is 10.6. The molecule has 0 aromatic carbocycles. The van der Waals surface area contributed by atoms with Crippen molar-refractivity contribution in [1.82, 2.24) is 4.90 Å². The van der Waals surface area contributed by atoms with Crippen LogP contribution in [0.2, 0.25) is 0 Å². The van der Waals surface area contributed by atoms with Gasteiger partial charge in [0.05, 0.1) is 6.10 Å². The molecule has 1 atom stereocenters. The zero-order valence-electron chi connectivity index (χ0n) is 9.45. The molecule has 0 saturated carbocycles. The van der Waals surface area contributed by atoms with Crippen LogP contribution in [0.25, 0.3) is 0 Å². The van der Waals surface area contributed by atoms with E-state index in [9.17, 15) is 4.79 Å². The maximum Gasteiger partial charge on any atom is 0.306 e. The number of carbonyl (C=O) groups is 1. The Balaban J connectivity index is 2.22. The van der Waals surface area contributed by atoms with E-state index in [4.69, 9.17) is 4.74 Å². The third-order valence-electron chi connectivity index (χ3n) is 2.64. The van der Waals surface area contributed by atoms with Crippen LogP contribution in [0.15, 0.2) is 0 Å². The summed E-state index contributed by atoms with van der Waals surface area (Å²) in [6.45, 7) is 9.24. The summed E-state index contributed by atoms with van der Waals surface area (Å²) in [6.07, 6.45) is 1.75. The van der Waals surface area contributed by atoms with Crippen LogP contribution < -0.4 is 0 Å². The van der Waals surface area contributed by atoms with Crippen LogP contribution in [0.1, 0.15) is 33.6 Å². The molecule has 0 bridgehead atoms. The summed E-state index contributed by atoms with van der Waals surface area (Å²) < 4.78 is 5.12. The van der Waals surface area contributed by atoms with Gasteiger partial charge >= 0.3 is 5.97 Å². The lowest BCUT2D eigenvalue weighted by atomic mass is 10.1. The molecule has 0 aromatic heterocycles. The molecule has 82 valence electrons. The lowest BCUT2D eigenvalue weighted by Gasteiger charge is -2.13. The van der Waals surface area contributed by atoms with E-state index in [-0.39, 0.29) is 12.1 Å². The van der Waals surface area contributed by atoms with Crippen molar-refractivity contribution in [2.75, 3.05) is 19.6 Å². The van der Waals surface area contributed by atoms with Crippen molar-refractivity contribution in [3.8, 4) is 0 Å². The Labute approximate surface area is 86.4 Å². The van der Waals surface area contributed by atoms with E-state index in [1.165, 1.54) is 0 Å². The quantitative estimate of drug-likeness (QED) is 0.645. The minimum absolute atomic E-state index is 0.0196. The molecule has 0 radical (unpaired) electrons. The van der Waals surface area contributed by atoms with Crippen LogP contribution >= 0.6 is 0 Å². The molecule has 0 spiro atoms. The predicted octanol–water partition coefficient (Wildman–Crippen LogP) is 1.67. The second-order valence-electron chi connectivity index (χ2n) is 4.29. The standard InChI is InChI=1S/C11H21NO2/c1-4-12-6-5-10(8-12)7-11(13)14-9(2)3/h9-10H,4-8H2,1-3H3. The van der Waals surface area contributed by atoms with Gasteiger partial charge in [-0.3, -0.25) is 4.79 Å². The molecule has 1 fully saturated rings. The second kappa shape index (κ2) is 5.35. The first kappa shape index (κ1) is 11.5. The lowest BCUT2D eigenvalue weighted by Crippen LogP contribution is -2.21. The summed E-state index contributed by atoms with van der Waals surface area (Å²) in [7, 11) is 0. The van der Waals surface area contributed by atoms with Crippen molar-refractivity contribution >= 4 is 5.97 Å². The summed E-state index contributed by atoms with van der Waals surface area (Å²) in [5.41, 5.74) is 0. The first-order valence-corrected chi connectivity index (χ1v) is 5.53. The van der Waals surface area contributed by atoms with Gasteiger partial charge in [-0.15, -0.1) is 0 Å². The number of likely N-dealkylation sites (tertiary alicyclic amines) is 1. The van der Waals surface area contributed by atoms with Crippen molar-refractivity contribution in [2.45, 2.75) is 39.7 Å². The molecule has 1 rings (SSSR count). The Morgan fingerprint density at radius 1 is 1.57 bits per heavy atom. The minimum atomic E-state index is -0.0389. The van der Waals surface area contributed by atoms with Gasteiger partial charge in [0, 0.05) is 13.0 Å². The van der Waals surface area contributed by atoms with Gasteiger partial charge in [-0.25, -0.2) is 0 Å². The fourth-order valence-electron chi connectivity index (χ4n) is 1.91. The maximum absolute atomic E-state index is 11.4. The number of nitrogens with zero attached hydrogens (tertiary/aromatic N) is 1. The van der Waals surface area contributed by atoms with Gasteiger partial charge in [-0.2, -0.15) is 0 Å². The summed E-state index contributed by atoms with van der Waals surface area (Å²) in [5.74, 6) is 0.476. The average Bonchev–Trinajstić information content (AvgIpc) is 2.50. The highest BCUT2D eigenvalue weighted by atomic mass is 16.5. The molecular weight excluding hydrogens is 178 g/mol. The Morgan fingerprint density at radius 3 is 2.79 bits per heavy atom. The van der Waals surface area contributed by atoms with Crippen molar-refractivity contribution in [3.05, 3.63) is 0 Å². The van der Waals surface area contributed by atoms with E-state index in [2.05, 4.69) is 11.8 Å². The van der Waals surface area contributed by atoms with Crippen LogP contribution in [0, 0.1) is 5.92 Å². The molecule has 3 heteroatoms. The van der Waals surface area contributed by atoms with Crippen molar-refractivity contribution in [1.29, 1.82) is 0 Å². The number of rotatable bonds is 4. The highest BCUT2D eigenvalue weighted by molar-refractivity contribution is 5.69. The fourth-order valence-corrected chi connectivity index (χ4v) is 1.91. The monoisotopic (exact) mass is 199 g/mol. The minimum Gasteiger partial charge on any atom is -0.463 e. The SMILES string of the molecule is CCN1CCC(CC(=O)OC(C)C)C1. The van der Waals surface area contributed by atoms with E-state index in [1.807, 2.05) is 13.8 Å². The number of carbonyl (C=O) groups excluding carboxylic acids is 1. The van der Waals surface area contributed by atoms with Gasteiger partial charge in [0.1, 0.15) is 0 Å². The summed E-state index contributed by atoms with van der Waals surface area (Å²) in [4.78, 5) is 13.7. The first-order valence-electron chi connectivity index (χ1n) is 5.53. The molecule has 0 N–H and O–H groups in total. The average molecular weight is 199 g/mol. The molecule has 1 saturated heterocycles. The van der Waals surface area contributed by atoms with Crippen LogP contribution in [0.5, 0.6) is 0 Å². The number of esters is 1. The Kier molecular flexibility index (Phi) is 4.39. The summed E-state index contributed by atoms with van der Waals surface area (Å²) in [5, 5.41) is 0. The molecule has 0 amide bonds. The van der Waals surface area contributed by atoms with Gasteiger partial charge in [0.25, 0.3) is 0 Å². The fraction of sp³-hybridized carbons (Fsp3) is 0.909. The number of hydrogen-bond acceptors (Lipinski definition) is 3. The van der Waals surface area contributed by atoms with E-state index < -0.39 is 0 Å². The number of ether oxygens (including phenoxy) is 1. The van der Waals surface area contributed by atoms with E-state index in [1.54, 1.807) is 0 Å². The number of hydrogen-bond donors (Lipinski definition) is 0. The predicted molar refractivity (Wildman–Crippen MR) is 56.1 cm³/mol. The molecular formula is C11H21NO2. The molecule has 3 nitrogen and oxygen atoms in total. The maximum atomic E-state index is 11.4. The first-order chi connectivity index (χ1) is 6.61. The van der Waals surface area contributed by atoms with Gasteiger partial charge in [0.15, 0.2) is 0 Å². The summed E-state index contributed by atoms with van der Waals surface area (Å²) >= 11 is 0. The second-order valence-corrected chi connectivity index (χ2v) is 4.29. The molecule has 1 heterocycles. The van der Waals surface area contributed by atoms with E-state index >= 15 is 0 Å². The Hall–Kier alpha value is -0.570. The van der Waals surface area contributed by atoms with Crippen LogP contribution in [0.3, 0.4) is 0 Å². The third-order valence-corrected chi connectivity index (χ3v) is 2.64. The van der Waals surface area contributed by atoms with Crippen LogP contribution in [-0.2, 0) is 9.53 Å². The van der Waals surface area contributed by atoms with Crippen molar-refractivity contribution in [2.24, 2.45) is 5.92 Å². The highest BCUT2D eigenvalue weighted by Gasteiger charge is 2.24. The Morgan fingerprint density at radius 2 is 2.29 bits per heavy atom. The van der Waals surface area contributed by atoms with Gasteiger partial charge < -0.3 is 9.64 Å². The van der Waals surface area contributed by atoms with E-state index in [0.29, 0.717) is 12.3 Å². The normalized spacial score (nSPS) is 23.0. The zero-order valence-corrected chi connectivity index (χ0v) is 9.45. The lowest BCUT2D eigenvalue weighted by molar-refractivity contribution is -0.148. The van der Waals surface area contributed by atoms with Crippen molar-refractivity contribution < 1.29 is 9.53 Å². The van der Waals surface area contributed by atoms with Crippen LogP contribution in [-0.4, -0.2) is 36.6 Å². The van der Waals surface area contributed by atoms with Gasteiger partial charge in [0.2, 0.25) is 0 Å². The smallest absolute Gasteiger partial charge is 0.306 e. The molecule has 1 aliphatic rings. The third kappa shape index (κ3) is 3.66. The molecule has 1 aliphatic heterocycles. The molecule has 0 aliphatic carbocycles. The molecule has 14 heavy (non-hydrogen) atoms. The topological polar surface area (TPSA) is 29.5 Å². The molecule has 1 unspecified atom stereocenters. The van der Waals surface area contributed by atoms with Gasteiger partial charge in [-0.05, 0) is 39.3 Å². The van der Waals surface area contributed by atoms with Crippen molar-refractivity contribution in [3.63, 3.8) is 0 Å².